The Morgan fingerprint density at radius 2 is 2.00 bits per heavy atom. The van der Waals surface area contributed by atoms with Crippen molar-refractivity contribution >= 4 is 5.91 Å². The summed E-state index contributed by atoms with van der Waals surface area (Å²) in [7, 11) is 0. The summed E-state index contributed by atoms with van der Waals surface area (Å²) in [6.07, 6.45) is 2.26. The Bertz CT molecular complexity index is 706. The molecule has 0 aliphatic carbocycles. The van der Waals surface area contributed by atoms with E-state index in [1.807, 2.05) is 30.3 Å². The van der Waals surface area contributed by atoms with Gasteiger partial charge in [-0.1, -0.05) is 44.2 Å². The molecule has 1 aliphatic heterocycles. The Hall–Kier alpha value is -2.27. The lowest BCUT2D eigenvalue weighted by atomic mass is 10.0. The number of ether oxygens (including phenoxy) is 1. The first-order valence-corrected chi connectivity index (χ1v) is 8.15. The summed E-state index contributed by atoms with van der Waals surface area (Å²) in [4.78, 5) is 18.3. The fourth-order valence-corrected chi connectivity index (χ4v) is 2.89. The van der Waals surface area contributed by atoms with Crippen molar-refractivity contribution in [2.45, 2.75) is 26.1 Å². The summed E-state index contributed by atoms with van der Waals surface area (Å²) in [6.45, 7) is 5.09. The van der Waals surface area contributed by atoms with Crippen molar-refractivity contribution in [3.05, 3.63) is 65.7 Å². The number of hydrogen-bond donors (Lipinski definition) is 0. The number of amides is 1. The van der Waals surface area contributed by atoms with Crippen LogP contribution in [-0.2, 0) is 4.74 Å². The monoisotopic (exact) mass is 328 g/mol. The van der Waals surface area contributed by atoms with Crippen molar-refractivity contribution in [3.63, 3.8) is 0 Å². The minimum Gasteiger partial charge on any atom is -0.366 e. The molecule has 0 unspecified atom stereocenters. The van der Waals surface area contributed by atoms with Crippen molar-refractivity contribution in [2.24, 2.45) is 5.92 Å². The van der Waals surface area contributed by atoms with Crippen LogP contribution in [0.5, 0.6) is 0 Å². The lowest BCUT2D eigenvalue weighted by Gasteiger charge is -2.40. The molecule has 0 N–H and O–H groups in total. The first-order chi connectivity index (χ1) is 11.5. The van der Waals surface area contributed by atoms with Crippen LogP contribution in [0.25, 0.3) is 0 Å². The molecule has 2 heterocycles. The molecule has 1 amide bonds. The van der Waals surface area contributed by atoms with Crippen molar-refractivity contribution < 1.29 is 13.9 Å². The third-order valence-electron chi connectivity index (χ3n) is 4.28. The van der Waals surface area contributed by atoms with Gasteiger partial charge in [0.25, 0.3) is 5.91 Å². The molecule has 1 aliphatic rings. The van der Waals surface area contributed by atoms with E-state index in [0.717, 1.165) is 11.8 Å². The number of morpholine rings is 1. The van der Waals surface area contributed by atoms with Gasteiger partial charge >= 0.3 is 0 Å². The highest BCUT2D eigenvalue weighted by atomic mass is 19.1. The predicted molar refractivity (Wildman–Crippen MR) is 89.0 cm³/mol. The van der Waals surface area contributed by atoms with Crippen LogP contribution < -0.4 is 0 Å². The summed E-state index contributed by atoms with van der Waals surface area (Å²) in [5, 5.41) is 0. The normalized spacial score (nSPS) is 21.1. The van der Waals surface area contributed by atoms with E-state index in [9.17, 15) is 9.18 Å². The van der Waals surface area contributed by atoms with Gasteiger partial charge in [-0.25, -0.2) is 4.39 Å². The van der Waals surface area contributed by atoms with E-state index in [4.69, 9.17) is 4.74 Å². The number of carbonyl (C=O) groups excluding carboxylic acids is 1. The molecule has 2 aromatic rings. The molecule has 3 rings (SSSR count). The van der Waals surface area contributed by atoms with Gasteiger partial charge in [0.2, 0.25) is 0 Å². The van der Waals surface area contributed by atoms with Crippen LogP contribution >= 0.6 is 0 Å². The van der Waals surface area contributed by atoms with E-state index in [0.29, 0.717) is 13.1 Å². The second-order valence-electron chi connectivity index (χ2n) is 6.42. The van der Waals surface area contributed by atoms with E-state index >= 15 is 0 Å². The summed E-state index contributed by atoms with van der Waals surface area (Å²) in [5.74, 6) is -0.441. The predicted octanol–water partition coefficient (Wildman–Crippen LogP) is 3.46. The van der Waals surface area contributed by atoms with Crippen LogP contribution in [-0.4, -0.2) is 35.0 Å². The van der Waals surface area contributed by atoms with Crippen LogP contribution in [0.1, 0.15) is 35.9 Å². The zero-order valence-electron chi connectivity index (χ0n) is 13.9. The van der Waals surface area contributed by atoms with Crippen molar-refractivity contribution in [3.8, 4) is 0 Å². The summed E-state index contributed by atoms with van der Waals surface area (Å²) < 4.78 is 19.6. The van der Waals surface area contributed by atoms with Gasteiger partial charge in [-0.2, -0.15) is 0 Å². The highest BCUT2D eigenvalue weighted by Gasteiger charge is 2.33. The standard InChI is InChI=1S/C19H21FN2O2/c1-13(2)17-11-22(19(23)15-8-16(20)10-21-9-15)12-18(24-17)14-6-4-3-5-7-14/h3-10,13,17-18H,11-12H2,1-2H3/t17-,18+/m1/s1. The second-order valence-corrected chi connectivity index (χ2v) is 6.42. The fourth-order valence-electron chi connectivity index (χ4n) is 2.89. The molecule has 0 saturated carbocycles. The third kappa shape index (κ3) is 3.62. The van der Waals surface area contributed by atoms with Crippen molar-refractivity contribution in [2.75, 3.05) is 13.1 Å². The van der Waals surface area contributed by atoms with Gasteiger partial charge in [0, 0.05) is 12.7 Å². The van der Waals surface area contributed by atoms with E-state index in [-0.39, 0.29) is 29.6 Å². The van der Waals surface area contributed by atoms with Crippen LogP contribution in [0.2, 0.25) is 0 Å². The van der Waals surface area contributed by atoms with Gasteiger partial charge in [-0.3, -0.25) is 9.78 Å². The third-order valence-corrected chi connectivity index (χ3v) is 4.28. The Kier molecular flexibility index (Phi) is 4.90. The smallest absolute Gasteiger partial charge is 0.255 e. The fraction of sp³-hybridized carbons (Fsp3) is 0.368. The number of rotatable bonds is 3. The van der Waals surface area contributed by atoms with Crippen LogP contribution in [0.15, 0.2) is 48.8 Å². The Balaban J connectivity index is 1.85. The first kappa shape index (κ1) is 16.6. The Morgan fingerprint density at radius 3 is 2.67 bits per heavy atom. The van der Waals surface area contributed by atoms with Crippen molar-refractivity contribution in [1.82, 2.24) is 9.88 Å². The SMILES string of the molecule is CC(C)[C@H]1CN(C(=O)c2cncc(F)c2)C[C@@H](c2ccccc2)O1. The van der Waals surface area contributed by atoms with Crippen LogP contribution in [0.4, 0.5) is 4.39 Å². The molecular weight excluding hydrogens is 307 g/mol. The zero-order chi connectivity index (χ0) is 17.1. The van der Waals surface area contributed by atoms with Gasteiger partial charge in [0.1, 0.15) is 11.9 Å². The van der Waals surface area contributed by atoms with E-state index in [1.165, 1.54) is 12.3 Å². The number of nitrogens with zero attached hydrogens (tertiary/aromatic N) is 2. The molecule has 0 spiro atoms. The lowest BCUT2D eigenvalue weighted by molar-refractivity contribution is -0.0954. The van der Waals surface area contributed by atoms with Gasteiger partial charge in [0.15, 0.2) is 0 Å². The Labute approximate surface area is 141 Å². The molecule has 5 heteroatoms. The molecule has 126 valence electrons. The molecule has 0 bridgehead atoms. The highest BCUT2D eigenvalue weighted by molar-refractivity contribution is 5.94. The molecular formula is C19H21FN2O2. The topological polar surface area (TPSA) is 42.4 Å². The minimum absolute atomic E-state index is 0.0607. The summed E-state index contributed by atoms with van der Waals surface area (Å²) >= 11 is 0. The lowest BCUT2D eigenvalue weighted by Crippen LogP contribution is -2.48. The van der Waals surface area contributed by atoms with Crippen LogP contribution in [0, 0.1) is 11.7 Å². The molecule has 1 saturated heterocycles. The average molecular weight is 328 g/mol. The largest absolute Gasteiger partial charge is 0.366 e. The maximum absolute atomic E-state index is 13.4. The quantitative estimate of drug-likeness (QED) is 0.866. The first-order valence-electron chi connectivity index (χ1n) is 8.15. The molecule has 1 aromatic heterocycles. The van der Waals surface area contributed by atoms with E-state index in [1.54, 1.807) is 4.90 Å². The number of halogens is 1. The van der Waals surface area contributed by atoms with Gasteiger partial charge in [-0.05, 0) is 17.5 Å². The maximum Gasteiger partial charge on any atom is 0.255 e. The van der Waals surface area contributed by atoms with Crippen molar-refractivity contribution in [1.29, 1.82) is 0 Å². The summed E-state index contributed by atoms with van der Waals surface area (Å²) in [5.41, 5.74) is 1.31. The van der Waals surface area contributed by atoms with E-state index in [2.05, 4.69) is 18.8 Å². The van der Waals surface area contributed by atoms with Gasteiger partial charge in [-0.15, -0.1) is 0 Å². The zero-order valence-corrected chi connectivity index (χ0v) is 13.9. The molecule has 4 nitrogen and oxygen atoms in total. The van der Waals surface area contributed by atoms with E-state index < -0.39 is 5.82 Å². The average Bonchev–Trinajstić information content (AvgIpc) is 2.61. The second kappa shape index (κ2) is 7.09. The number of aromatic nitrogens is 1. The molecule has 1 aromatic carbocycles. The number of pyridine rings is 1. The number of benzene rings is 1. The summed E-state index contributed by atoms with van der Waals surface area (Å²) in [6, 6.07) is 11.1. The molecule has 2 atom stereocenters. The van der Waals surface area contributed by atoms with Gasteiger partial charge < -0.3 is 9.64 Å². The number of carbonyl (C=O) groups is 1. The van der Waals surface area contributed by atoms with Crippen LogP contribution in [0.3, 0.4) is 0 Å². The highest BCUT2D eigenvalue weighted by Crippen LogP contribution is 2.29. The Morgan fingerprint density at radius 1 is 1.25 bits per heavy atom. The maximum atomic E-state index is 13.4. The molecule has 24 heavy (non-hydrogen) atoms. The molecule has 0 radical (unpaired) electrons. The minimum atomic E-state index is -0.505. The van der Waals surface area contributed by atoms with Gasteiger partial charge in [0.05, 0.1) is 24.4 Å². The number of hydrogen-bond acceptors (Lipinski definition) is 3. The molecule has 1 fully saturated rings.